The van der Waals surface area contributed by atoms with Gasteiger partial charge in [0.2, 0.25) is 0 Å². The molecule has 144 valence electrons. The van der Waals surface area contributed by atoms with E-state index < -0.39 is 18.5 Å². The van der Waals surface area contributed by atoms with Crippen LogP contribution in [0.25, 0.3) is 21.5 Å². The van der Waals surface area contributed by atoms with Crippen molar-refractivity contribution in [3.63, 3.8) is 0 Å². The van der Waals surface area contributed by atoms with E-state index in [4.69, 9.17) is 27.9 Å². The van der Waals surface area contributed by atoms with E-state index in [1.165, 1.54) is 6.07 Å². The van der Waals surface area contributed by atoms with Gasteiger partial charge in [0.1, 0.15) is 0 Å². The van der Waals surface area contributed by atoms with Crippen LogP contribution in [0.4, 0.5) is 5.69 Å². The second kappa shape index (κ2) is 8.11. The van der Waals surface area contributed by atoms with E-state index in [-0.39, 0.29) is 0 Å². The molecule has 0 aliphatic carbocycles. The Hall–Kier alpha value is -3.08. The summed E-state index contributed by atoms with van der Waals surface area (Å²) in [6.07, 6.45) is 0. The van der Waals surface area contributed by atoms with Crippen LogP contribution in [0.5, 0.6) is 0 Å². The summed E-state index contributed by atoms with van der Waals surface area (Å²) >= 11 is 11.9. The minimum atomic E-state index is -0.560. The van der Waals surface area contributed by atoms with Crippen molar-refractivity contribution in [2.75, 3.05) is 11.9 Å². The lowest BCUT2D eigenvalue weighted by Crippen LogP contribution is -2.21. The van der Waals surface area contributed by atoms with Crippen LogP contribution in [0.15, 0.2) is 72.8 Å². The van der Waals surface area contributed by atoms with Crippen LogP contribution in [0.2, 0.25) is 10.0 Å². The minimum absolute atomic E-state index is 0.303. The molecule has 29 heavy (non-hydrogen) atoms. The first-order valence-electron chi connectivity index (χ1n) is 8.85. The van der Waals surface area contributed by atoms with Crippen LogP contribution in [-0.4, -0.2) is 18.5 Å². The van der Waals surface area contributed by atoms with Gasteiger partial charge in [-0.1, -0.05) is 71.7 Å². The van der Waals surface area contributed by atoms with Gasteiger partial charge in [0.25, 0.3) is 5.91 Å². The number of ether oxygens (including phenoxy) is 1. The SMILES string of the molecule is O=C(COC(=O)c1c2ccccc2cc2ccccc12)Nc1ccc(Cl)cc1Cl. The topological polar surface area (TPSA) is 55.4 Å². The van der Waals surface area contributed by atoms with Gasteiger partial charge in [-0.25, -0.2) is 4.79 Å². The van der Waals surface area contributed by atoms with Gasteiger partial charge >= 0.3 is 5.97 Å². The molecule has 0 unspecified atom stereocenters. The normalized spacial score (nSPS) is 10.8. The number of carbonyl (C=O) groups excluding carboxylic acids is 2. The van der Waals surface area contributed by atoms with Gasteiger partial charge in [-0.3, -0.25) is 4.79 Å². The second-order valence-electron chi connectivity index (χ2n) is 6.44. The molecule has 0 radical (unpaired) electrons. The Kier molecular flexibility index (Phi) is 5.38. The molecule has 0 aliphatic heterocycles. The molecule has 4 nitrogen and oxygen atoms in total. The molecule has 0 saturated heterocycles. The number of esters is 1. The summed E-state index contributed by atoms with van der Waals surface area (Å²) in [5.74, 6) is -1.05. The molecular formula is C23H15Cl2NO3. The smallest absolute Gasteiger partial charge is 0.339 e. The summed E-state index contributed by atoms with van der Waals surface area (Å²) in [4.78, 5) is 25.1. The first-order chi connectivity index (χ1) is 14.0. The summed E-state index contributed by atoms with van der Waals surface area (Å²) in [5, 5.41) is 6.78. The highest BCUT2D eigenvalue weighted by Crippen LogP contribution is 2.29. The molecule has 4 aromatic carbocycles. The van der Waals surface area contributed by atoms with Crippen LogP contribution in [0, 0.1) is 0 Å². The van der Waals surface area contributed by atoms with Crippen molar-refractivity contribution in [3.8, 4) is 0 Å². The highest BCUT2D eigenvalue weighted by Gasteiger charge is 2.17. The highest BCUT2D eigenvalue weighted by molar-refractivity contribution is 6.36. The van der Waals surface area contributed by atoms with Gasteiger partial charge < -0.3 is 10.1 Å². The number of amides is 1. The molecule has 4 rings (SSSR count). The predicted octanol–water partition coefficient (Wildman–Crippen LogP) is 6.10. The molecule has 0 heterocycles. The molecule has 0 spiro atoms. The van der Waals surface area contributed by atoms with Crippen LogP contribution in [0.3, 0.4) is 0 Å². The first-order valence-corrected chi connectivity index (χ1v) is 9.61. The molecule has 4 aromatic rings. The molecular weight excluding hydrogens is 409 g/mol. The fourth-order valence-electron chi connectivity index (χ4n) is 3.21. The molecule has 1 N–H and O–H groups in total. The third-order valence-corrected chi connectivity index (χ3v) is 5.06. The van der Waals surface area contributed by atoms with Crippen molar-refractivity contribution in [2.24, 2.45) is 0 Å². The van der Waals surface area contributed by atoms with Gasteiger partial charge in [0.05, 0.1) is 16.3 Å². The summed E-state index contributed by atoms with van der Waals surface area (Å²) in [7, 11) is 0. The lowest BCUT2D eigenvalue weighted by Gasteiger charge is -2.12. The zero-order valence-corrected chi connectivity index (χ0v) is 16.6. The number of nitrogens with one attached hydrogen (secondary N) is 1. The Bertz CT molecular complexity index is 1200. The largest absolute Gasteiger partial charge is 0.452 e. The zero-order chi connectivity index (χ0) is 20.4. The average Bonchev–Trinajstić information content (AvgIpc) is 2.72. The fourth-order valence-corrected chi connectivity index (χ4v) is 3.67. The maximum absolute atomic E-state index is 12.9. The van der Waals surface area contributed by atoms with E-state index in [0.29, 0.717) is 21.3 Å². The second-order valence-corrected chi connectivity index (χ2v) is 7.29. The molecule has 1 amide bonds. The Morgan fingerprint density at radius 3 is 2.07 bits per heavy atom. The van der Waals surface area contributed by atoms with Crippen LogP contribution < -0.4 is 5.32 Å². The summed E-state index contributed by atoms with van der Waals surface area (Å²) in [6, 6.07) is 21.9. The standard InChI is InChI=1S/C23H15Cl2NO3/c24-16-9-10-20(19(25)12-16)26-21(27)13-29-23(28)22-17-7-3-1-5-14(17)11-15-6-2-4-8-18(15)22/h1-12H,13H2,(H,26,27). The van der Waals surface area contributed by atoms with Crippen molar-refractivity contribution in [1.82, 2.24) is 0 Å². The Labute approximate surface area is 177 Å². The van der Waals surface area contributed by atoms with Gasteiger partial charge in [-0.2, -0.15) is 0 Å². The minimum Gasteiger partial charge on any atom is -0.452 e. The van der Waals surface area contributed by atoms with Gasteiger partial charge in [-0.15, -0.1) is 0 Å². The number of benzene rings is 4. The monoisotopic (exact) mass is 423 g/mol. The van der Waals surface area contributed by atoms with Crippen molar-refractivity contribution in [1.29, 1.82) is 0 Å². The van der Waals surface area contributed by atoms with Gasteiger partial charge in [-0.05, 0) is 45.8 Å². The van der Waals surface area contributed by atoms with Crippen molar-refractivity contribution in [3.05, 3.63) is 88.4 Å². The lowest BCUT2D eigenvalue weighted by atomic mass is 9.97. The average molecular weight is 424 g/mol. The number of halogens is 2. The number of carbonyl (C=O) groups is 2. The van der Waals surface area contributed by atoms with Crippen LogP contribution in [0.1, 0.15) is 10.4 Å². The first kappa shape index (κ1) is 19.2. The van der Waals surface area contributed by atoms with E-state index in [9.17, 15) is 9.59 Å². The maximum atomic E-state index is 12.9. The summed E-state index contributed by atoms with van der Waals surface area (Å²) in [5.41, 5.74) is 0.837. The van der Waals surface area contributed by atoms with Gasteiger partial charge in [0, 0.05) is 5.02 Å². The number of anilines is 1. The van der Waals surface area contributed by atoms with E-state index in [1.807, 2.05) is 54.6 Å². The van der Waals surface area contributed by atoms with E-state index in [0.717, 1.165) is 21.5 Å². The Morgan fingerprint density at radius 2 is 1.45 bits per heavy atom. The van der Waals surface area contributed by atoms with E-state index in [1.54, 1.807) is 12.1 Å². The number of fused-ring (bicyclic) bond motifs is 2. The third-order valence-electron chi connectivity index (χ3n) is 4.51. The summed E-state index contributed by atoms with van der Waals surface area (Å²) < 4.78 is 5.32. The van der Waals surface area contributed by atoms with Crippen LogP contribution in [-0.2, 0) is 9.53 Å². The fraction of sp³-hybridized carbons (Fsp3) is 0.0435. The molecule has 0 fully saturated rings. The molecule has 0 bridgehead atoms. The van der Waals surface area contributed by atoms with Gasteiger partial charge in [0.15, 0.2) is 6.61 Å². The number of hydrogen-bond acceptors (Lipinski definition) is 3. The number of hydrogen-bond donors (Lipinski definition) is 1. The summed E-state index contributed by atoms with van der Waals surface area (Å²) in [6.45, 7) is -0.435. The number of rotatable bonds is 4. The predicted molar refractivity (Wildman–Crippen MR) is 117 cm³/mol. The Balaban J connectivity index is 1.58. The zero-order valence-electron chi connectivity index (χ0n) is 15.1. The molecule has 6 heteroatoms. The molecule has 0 aliphatic rings. The quantitative estimate of drug-likeness (QED) is 0.318. The van der Waals surface area contributed by atoms with Crippen molar-refractivity contribution >= 4 is 62.3 Å². The molecule has 0 atom stereocenters. The Morgan fingerprint density at radius 1 is 0.828 bits per heavy atom. The van der Waals surface area contributed by atoms with Crippen molar-refractivity contribution in [2.45, 2.75) is 0 Å². The third kappa shape index (κ3) is 4.04. The maximum Gasteiger partial charge on any atom is 0.339 e. The van der Waals surface area contributed by atoms with Crippen LogP contribution >= 0.6 is 23.2 Å². The molecule has 0 aromatic heterocycles. The lowest BCUT2D eigenvalue weighted by molar-refractivity contribution is -0.119. The molecule has 0 saturated carbocycles. The van der Waals surface area contributed by atoms with E-state index >= 15 is 0 Å². The van der Waals surface area contributed by atoms with E-state index in [2.05, 4.69) is 5.32 Å². The highest BCUT2D eigenvalue weighted by atomic mass is 35.5. The van der Waals surface area contributed by atoms with Crippen molar-refractivity contribution < 1.29 is 14.3 Å².